The Labute approximate surface area is 107 Å². The number of aromatic nitrogens is 2. The van der Waals surface area contributed by atoms with Gasteiger partial charge in [0.15, 0.2) is 0 Å². The highest BCUT2D eigenvalue weighted by atomic mass is 79.9. The van der Waals surface area contributed by atoms with Crippen molar-refractivity contribution in [2.45, 2.75) is 13.0 Å². The van der Waals surface area contributed by atoms with Gasteiger partial charge >= 0.3 is 0 Å². The quantitative estimate of drug-likeness (QED) is 0.924. The lowest BCUT2D eigenvalue weighted by molar-refractivity contribution is 0.198. The molecule has 84 valence electrons. The smallest absolute Gasteiger partial charge is 0.0790 e. The van der Waals surface area contributed by atoms with Crippen LogP contribution in [0.15, 0.2) is 35.1 Å². The monoisotopic (exact) mass is 300 g/mol. The van der Waals surface area contributed by atoms with Gasteiger partial charge in [0.2, 0.25) is 0 Å². The van der Waals surface area contributed by atoms with Crippen LogP contribution in [0.25, 0.3) is 5.69 Å². The highest BCUT2D eigenvalue weighted by Crippen LogP contribution is 2.26. The number of aliphatic hydroxyl groups excluding tert-OH is 1. The van der Waals surface area contributed by atoms with Crippen molar-refractivity contribution in [3.05, 3.63) is 45.7 Å². The third-order valence-electron chi connectivity index (χ3n) is 2.25. The number of hydrogen-bond acceptors (Lipinski definition) is 2. The molecule has 1 heterocycles. The summed E-state index contributed by atoms with van der Waals surface area (Å²) in [4.78, 5) is 0. The number of aliphatic hydroxyl groups is 1. The lowest BCUT2D eigenvalue weighted by Crippen LogP contribution is -1.97. The zero-order valence-electron chi connectivity index (χ0n) is 8.56. The van der Waals surface area contributed by atoms with Gasteiger partial charge in [0.1, 0.15) is 0 Å². The zero-order chi connectivity index (χ0) is 11.7. The van der Waals surface area contributed by atoms with Crippen LogP contribution in [0.3, 0.4) is 0 Å². The summed E-state index contributed by atoms with van der Waals surface area (Å²) in [5, 5.41) is 14.2. The van der Waals surface area contributed by atoms with Crippen molar-refractivity contribution in [2.75, 3.05) is 0 Å². The third-order valence-corrected chi connectivity index (χ3v) is 3.13. The van der Waals surface area contributed by atoms with Crippen molar-refractivity contribution in [3.8, 4) is 5.69 Å². The van der Waals surface area contributed by atoms with E-state index in [9.17, 15) is 5.11 Å². The molecule has 0 radical (unpaired) electrons. The van der Waals surface area contributed by atoms with Gasteiger partial charge in [-0.1, -0.05) is 33.6 Å². The number of halogens is 2. The molecular formula is C11H10BrClN2O. The van der Waals surface area contributed by atoms with Gasteiger partial charge in [0, 0.05) is 10.7 Å². The molecule has 1 aromatic carbocycles. The van der Waals surface area contributed by atoms with Crippen molar-refractivity contribution in [2.24, 2.45) is 0 Å². The van der Waals surface area contributed by atoms with Crippen molar-refractivity contribution < 1.29 is 5.11 Å². The lowest BCUT2D eigenvalue weighted by Gasteiger charge is -2.09. The van der Waals surface area contributed by atoms with Gasteiger partial charge in [-0.2, -0.15) is 5.10 Å². The van der Waals surface area contributed by atoms with Gasteiger partial charge in [0.25, 0.3) is 0 Å². The second-order valence-electron chi connectivity index (χ2n) is 3.48. The van der Waals surface area contributed by atoms with Gasteiger partial charge < -0.3 is 5.11 Å². The minimum Gasteiger partial charge on any atom is -0.389 e. The Morgan fingerprint density at radius 1 is 1.50 bits per heavy atom. The summed E-state index contributed by atoms with van der Waals surface area (Å²) < 4.78 is 2.53. The predicted octanol–water partition coefficient (Wildman–Crippen LogP) is 3.34. The first-order valence-corrected chi connectivity index (χ1v) is 5.93. The van der Waals surface area contributed by atoms with E-state index in [0.717, 1.165) is 15.7 Å². The molecule has 2 aromatic rings. The normalized spacial score (nSPS) is 12.8. The molecule has 1 aromatic heterocycles. The minimum absolute atomic E-state index is 0.496. The summed E-state index contributed by atoms with van der Waals surface area (Å²) in [6, 6.07) is 5.64. The topological polar surface area (TPSA) is 38.0 Å². The largest absolute Gasteiger partial charge is 0.389 e. The van der Waals surface area contributed by atoms with E-state index in [0.29, 0.717) is 5.02 Å². The van der Waals surface area contributed by atoms with Crippen LogP contribution in [0.5, 0.6) is 0 Å². The van der Waals surface area contributed by atoms with Crippen LogP contribution in [-0.2, 0) is 0 Å². The molecule has 0 bridgehead atoms. The van der Waals surface area contributed by atoms with Crippen molar-refractivity contribution in [1.29, 1.82) is 0 Å². The zero-order valence-corrected chi connectivity index (χ0v) is 10.9. The maximum atomic E-state index is 9.50. The number of benzene rings is 1. The fourth-order valence-electron chi connectivity index (χ4n) is 1.44. The van der Waals surface area contributed by atoms with E-state index >= 15 is 0 Å². The average Bonchev–Trinajstić information content (AvgIpc) is 2.64. The maximum absolute atomic E-state index is 9.50. The standard InChI is InChI=1S/C11H10BrClN2O/c1-7(16)10-3-2-9(4-11(10)12)15-6-8(13)5-14-15/h2-7,16H,1H3/t7-/m0/s1. The fourth-order valence-corrected chi connectivity index (χ4v) is 2.27. The van der Waals surface area contributed by atoms with Crippen molar-refractivity contribution in [1.82, 2.24) is 9.78 Å². The molecule has 0 spiro atoms. The molecule has 3 nitrogen and oxygen atoms in total. The van der Waals surface area contributed by atoms with Gasteiger partial charge in [-0.3, -0.25) is 0 Å². The van der Waals surface area contributed by atoms with Crippen LogP contribution in [-0.4, -0.2) is 14.9 Å². The highest BCUT2D eigenvalue weighted by molar-refractivity contribution is 9.10. The Morgan fingerprint density at radius 2 is 2.25 bits per heavy atom. The van der Waals surface area contributed by atoms with Gasteiger partial charge in [-0.05, 0) is 24.6 Å². The first-order chi connectivity index (χ1) is 7.58. The maximum Gasteiger partial charge on any atom is 0.0790 e. The van der Waals surface area contributed by atoms with Crippen LogP contribution < -0.4 is 0 Å². The van der Waals surface area contributed by atoms with E-state index < -0.39 is 6.10 Å². The van der Waals surface area contributed by atoms with Gasteiger partial charge in [-0.25, -0.2) is 4.68 Å². The molecule has 2 rings (SSSR count). The third kappa shape index (κ3) is 2.29. The summed E-state index contributed by atoms with van der Waals surface area (Å²) in [6.07, 6.45) is 2.81. The predicted molar refractivity (Wildman–Crippen MR) is 66.9 cm³/mol. The Kier molecular flexibility index (Phi) is 3.33. The van der Waals surface area contributed by atoms with Crippen molar-refractivity contribution >= 4 is 27.5 Å². The van der Waals surface area contributed by atoms with E-state index in [1.54, 1.807) is 24.0 Å². The molecule has 0 aliphatic heterocycles. The van der Waals surface area contributed by atoms with E-state index in [1.807, 2.05) is 18.2 Å². The minimum atomic E-state index is -0.496. The van der Waals surface area contributed by atoms with Crippen LogP contribution in [0.4, 0.5) is 0 Å². The summed E-state index contributed by atoms with van der Waals surface area (Å²) in [7, 11) is 0. The Hall–Kier alpha value is -0.840. The van der Waals surface area contributed by atoms with E-state index in [4.69, 9.17) is 11.6 Å². The number of nitrogens with zero attached hydrogens (tertiary/aromatic N) is 2. The second kappa shape index (κ2) is 4.57. The molecule has 16 heavy (non-hydrogen) atoms. The molecule has 0 aliphatic carbocycles. The number of rotatable bonds is 2. The van der Waals surface area contributed by atoms with E-state index in [2.05, 4.69) is 21.0 Å². The van der Waals surface area contributed by atoms with Crippen LogP contribution in [0.2, 0.25) is 5.02 Å². The second-order valence-corrected chi connectivity index (χ2v) is 4.78. The molecule has 0 saturated heterocycles. The van der Waals surface area contributed by atoms with Gasteiger partial charge in [-0.15, -0.1) is 0 Å². The fraction of sp³-hybridized carbons (Fsp3) is 0.182. The molecule has 5 heteroatoms. The molecule has 0 fully saturated rings. The lowest BCUT2D eigenvalue weighted by atomic mass is 10.1. The Bertz CT molecular complexity index is 510. The Morgan fingerprint density at radius 3 is 2.75 bits per heavy atom. The first-order valence-electron chi connectivity index (χ1n) is 4.76. The van der Waals surface area contributed by atoms with E-state index in [1.165, 1.54) is 0 Å². The average molecular weight is 302 g/mol. The Balaban J connectivity index is 2.42. The molecule has 0 aliphatic rings. The molecule has 1 N–H and O–H groups in total. The summed E-state index contributed by atoms with van der Waals surface area (Å²) in [5.74, 6) is 0. The van der Waals surface area contributed by atoms with Crippen molar-refractivity contribution in [3.63, 3.8) is 0 Å². The molecular weight excluding hydrogens is 291 g/mol. The molecule has 1 atom stereocenters. The van der Waals surface area contributed by atoms with Crippen LogP contribution in [0.1, 0.15) is 18.6 Å². The first kappa shape index (κ1) is 11.6. The molecule has 0 saturated carbocycles. The summed E-state index contributed by atoms with van der Waals surface area (Å²) in [5.41, 5.74) is 1.74. The molecule has 0 amide bonds. The highest BCUT2D eigenvalue weighted by Gasteiger charge is 2.07. The van der Waals surface area contributed by atoms with Gasteiger partial charge in [0.05, 0.1) is 23.0 Å². The molecule has 0 unspecified atom stereocenters. The summed E-state index contributed by atoms with van der Waals surface area (Å²) >= 11 is 9.21. The summed E-state index contributed by atoms with van der Waals surface area (Å²) in [6.45, 7) is 1.73. The van der Waals surface area contributed by atoms with Crippen LogP contribution in [0, 0.1) is 0 Å². The van der Waals surface area contributed by atoms with E-state index in [-0.39, 0.29) is 0 Å². The van der Waals surface area contributed by atoms with Crippen LogP contribution >= 0.6 is 27.5 Å². The SMILES string of the molecule is C[C@H](O)c1ccc(-n2cc(Cl)cn2)cc1Br. The number of hydrogen-bond donors (Lipinski definition) is 1.